The number of amides is 2. The SMILES string of the molecule is COC(CNC(=O)N(C)CCC(C)O)c1ccccc1. The van der Waals surface area contributed by atoms with Crippen molar-refractivity contribution in [2.24, 2.45) is 0 Å². The number of carbonyl (C=O) groups excluding carboxylic acids is 1. The fraction of sp³-hybridized carbons (Fsp3) is 0.533. The highest BCUT2D eigenvalue weighted by Gasteiger charge is 2.14. The molecule has 0 saturated carbocycles. The number of carbonyl (C=O) groups is 1. The van der Waals surface area contributed by atoms with Crippen LogP contribution in [0.25, 0.3) is 0 Å². The van der Waals surface area contributed by atoms with Crippen LogP contribution in [-0.4, -0.2) is 49.4 Å². The Balaban J connectivity index is 2.42. The number of ether oxygens (including phenoxy) is 1. The summed E-state index contributed by atoms with van der Waals surface area (Å²) in [5.74, 6) is 0. The zero-order chi connectivity index (χ0) is 15.0. The molecule has 2 atom stereocenters. The first-order valence-electron chi connectivity index (χ1n) is 6.79. The zero-order valence-corrected chi connectivity index (χ0v) is 12.4. The molecule has 2 N–H and O–H groups in total. The van der Waals surface area contributed by atoms with E-state index in [1.165, 1.54) is 0 Å². The first kappa shape index (κ1) is 16.5. The summed E-state index contributed by atoms with van der Waals surface area (Å²) in [6.45, 7) is 2.65. The summed E-state index contributed by atoms with van der Waals surface area (Å²) in [6, 6.07) is 9.60. The molecule has 0 aliphatic heterocycles. The minimum atomic E-state index is -0.402. The van der Waals surface area contributed by atoms with Crippen molar-refractivity contribution in [2.45, 2.75) is 25.6 Å². The minimum absolute atomic E-state index is 0.162. The number of aliphatic hydroxyl groups excluding tert-OH is 1. The molecule has 0 bridgehead atoms. The second-order valence-corrected chi connectivity index (χ2v) is 4.88. The van der Waals surface area contributed by atoms with E-state index >= 15 is 0 Å². The Kier molecular flexibility index (Phi) is 7.04. The largest absolute Gasteiger partial charge is 0.393 e. The number of aliphatic hydroxyl groups is 1. The molecular weight excluding hydrogens is 256 g/mol. The molecule has 1 rings (SSSR count). The van der Waals surface area contributed by atoms with Gasteiger partial charge in [-0.2, -0.15) is 0 Å². The number of methoxy groups -OCH3 is 1. The monoisotopic (exact) mass is 280 g/mol. The Morgan fingerprint density at radius 3 is 2.60 bits per heavy atom. The number of nitrogens with zero attached hydrogens (tertiary/aromatic N) is 1. The maximum Gasteiger partial charge on any atom is 0.317 e. The van der Waals surface area contributed by atoms with Gasteiger partial charge in [-0.15, -0.1) is 0 Å². The number of urea groups is 1. The van der Waals surface area contributed by atoms with Gasteiger partial charge in [0.05, 0.1) is 12.2 Å². The van der Waals surface area contributed by atoms with Crippen LogP contribution in [0.3, 0.4) is 0 Å². The van der Waals surface area contributed by atoms with Crippen LogP contribution in [0.5, 0.6) is 0 Å². The first-order valence-corrected chi connectivity index (χ1v) is 6.79. The summed E-state index contributed by atoms with van der Waals surface area (Å²) in [6.07, 6.45) is 0.00246. The van der Waals surface area contributed by atoms with Gasteiger partial charge in [0, 0.05) is 27.2 Å². The number of benzene rings is 1. The highest BCUT2D eigenvalue weighted by atomic mass is 16.5. The number of rotatable bonds is 7. The average Bonchev–Trinajstić information content (AvgIpc) is 2.46. The Morgan fingerprint density at radius 1 is 1.40 bits per heavy atom. The van der Waals surface area contributed by atoms with E-state index in [4.69, 9.17) is 4.74 Å². The van der Waals surface area contributed by atoms with Crippen LogP contribution in [0.1, 0.15) is 25.0 Å². The number of hydrogen-bond acceptors (Lipinski definition) is 3. The fourth-order valence-electron chi connectivity index (χ4n) is 1.80. The third-order valence-electron chi connectivity index (χ3n) is 3.12. The van der Waals surface area contributed by atoms with Gasteiger partial charge >= 0.3 is 6.03 Å². The standard InChI is InChI=1S/C15H24N2O3/c1-12(18)9-10-17(2)15(19)16-11-14(20-3)13-7-5-4-6-8-13/h4-8,12,14,18H,9-11H2,1-3H3,(H,16,19). The maximum atomic E-state index is 11.9. The van der Waals surface area contributed by atoms with Crippen molar-refractivity contribution >= 4 is 6.03 Å². The molecule has 0 heterocycles. The van der Waals surface area contributed by atoms with Crippen molar-refractivity contribution in [2.75, 3.05) is 27.2 Å². The van der Waals surface area contributed by atoms with E-state index < -0.39 is 6.10 Å². The topological polar surface area (TPSA) is 61.8 Å². The Morgan fingerprint density at radius 2 is 2.05 bits per heavy atom. The lowest BCUT2D eigenvalue weighted by atomic mass is 10.1. The van der Waals surface area contributed by atoms with Crippen molar-refractivity contribution in [1.82, 2.24) is 10.2 Å². The molecule has 5 heteroatoms. The summed E-state index contributed by atoms with van der Waals surface area (Å²) in [7, 11) is 3.34. The normalized spacial score (nSPS) is 13.6. The average molecular weight is 280 g/mol. The molecule has 2 unspecified atom stereocenters. The van der Waals surface area contributed by atoms with Gasteiger partial charge in [0.1, 0.15) is 0 Å². The van der Waals surface area contributed by atoms with Gasteiger partial charge in [-0.05, 0) is 18.9 Å². The lowest BCUT2D eigenvalue weighted by Crippen LogP contribution is -2.40. The second-order valence-electron chi connectivity index (χ2n) is 4.88. The molecule has 2 amide bonds. The fourth-order valence-corrected chi connectivity index (χ4v) is 1.80. The molecule has 0 fully saturated rings. The Hall–Kier alpha value is -1.59. The van der Waals surface area contributed by atoms with Gasteiger partial charge in [0.2, 0.25) is 0 Å². The number of nitrogens with one attached hydrogen (secondary N) is 1. The van der Waals surface area contributed by atoms with Crippen LogP contribution in [0, 0.1) is 0 Å². The van der Waals surface area contributed by atoms with E-state index in [9.17, 15) is 9.90 Å². The van der Waals surface area contributed by atoms with Gasteiger partial charge in [0.15, 0.2) is 0 Å². The first-order chi connectivity index (χ1) is 9.54. The third kappa shape index (κ3) is 5.59. The minimum Gasteiger partial charge on any atom is -0.393 e. The molecule has 0 aromatic heterocycles. The summed E-state index contributed by atoms with van der Waals surface area (Å²) >= 11 is 0. The van der Waals surface area contributed by atoms with Gasteiger partial charge in [-0.25, -0.2) is 4.79 Å². The quantitative estimate of drug-likeness (QED) is 0.800. The molecule has 20 heavy (non-hydrogen) atoms. The highest BCUT2D eigenvalue weighted by molar-refractivity contribution is 5.73. The summed E-state index contributed by atoms with van der Waals surface area (Å²) in [4.78, 5) is 13.4. The molecule has 0 aliphatic rings. The maximum absolute atomic E-state index is 11.9. The van der Waals surface area contributed by atoms with Crippen molar-refractivity contribution in [3.8, 4) is 0 Å². The Labute approximate surface area is 120 Å². The molecule has 112 valence electrons. The van der Waals surface area contributed by atoms with Crippen LogP contribution in [-0.2, 0) is 4.74 Å². The smallest absolute Gasteiger partial charge is 0.317 e. The molecule has 0 radical (unpaired) electrons. The zero-order valence-electron chi connectivity index (χ0n) is 12.4. The van der Waals surface area contributed by atoms with Crippen LogP contribution >= 0.6 is 0 Å². The number of hydrogen-bond donors (Lipinski definition) is 2. The van der Waals surface area contributed by atoms with Crippen LogP contribution in [0.15, 0.2) is 30.3 Å². The molecule has 5 nitrogen and oxygen atoms in total. The lowest BCUT2D eigenvalue weighted by Gasteiger charge is -2.21. The molecule has 0 aliphatic carbocycles. The van der Waals surface area contributed by atoms with E-state index in [0.29, 0.717) is 19.5 Å². The van der Waals surface area contributed by atoms with Crippen LogP contribution in [0.2, 0.25) is 0 Å². The molecule has 1 aromatic rings. The highest BCUT2D eigenvalue weighted by Crippen LogP contribution is 2.14. The van der Waals surface area contributed by atoms with E-state index in [0.717, 1.165) is 5.56 Å². The van der Waals surface area contributed by atoms with Gasteiger partial charge < -0.3 is 20.1 Å². The van der Waals surface area contributed by atoms with Crippen LogP contribution < -0.4 is 5.32 Å². The van der Waals surface area contributed by atoms with Gasteiger partial charge in [0.25, 0.3) is 0 Å². The van der Waals surface area contributed by atoms with Crippen molar-refractivity contribution in [1.29, 1.82) is 0 Å². The van der Waals surface area contributed by atoms with Crippen molar-refractivity contribution < 1.29 is 14.6 Å². The van der Waals surface area contributed by atoms with Crippen LogP contribution in [0.4, 0.5) is 4.79 Å². The second kappa shape index (κ2) is 8.55. The van der Waals surface area contributed by atoms with E-state index in [1.807, 2.05) is 30.3 Å². The Bertz CT molecular complexity index is 395. The summed E-state index contributed by atoms with van der Waals surface area (Å²) in [5.41, 5.74) is 1.03. The molecule has 0 spiro atoms. The molecule has 1 aromatic carbocycles. The third-order valence-corrected chi connectivity index (χ3v) is 3.12. The van der Waals surface area contributed by atoms with Gasteiger partial charge in [-0.3, -0.25) is 0 Å². The van der Waals surface area contributed by atoms with E-state index in [2.05, 4.69) is 5.32 Å². The van der Waals surface area contributed by atoms with E-state index in [1.54, 1.807) is 26.0 Å². The predicted molar refractivity (Wildman–Crippen MR) is 78.5 cm³/mol. The van der Waals surface area contributed by atoms with Gasteiger partial charge in [-0.1, -0.05) is 30.3 Å². The lowest BCUT2D eigenvalue weighted by molar-refractivity contribution is 0.101. The van der Waals surface area contributed by atoms with Crippen molar-refractivity contribution in [3.05, 3.63) is 35.9 Å². The van der Waals surface area contributed by atoms with Crippen molar-refractivity contribution in [3.63, 3.8) is 0 Å². The molecule has 0 saturated heterocycles. The summed E-state index contributed by atoms with van der Waals surface area (Å²) in [5, 5.41) is 12.0. The predicted octanol–water partition coefficient (Wildman–Crippen LogP) is 1.79. The summed E-state index contributed by atoms with van der Waals surface area (Å²) < 4.78 is 5.39. The molecular formula is C15H24N2O3. The van der Waals surface area contributed by atoms with E-state index in [-0.39, 0.29) is 12.1 Å².